The Morgan fingerprint density at radius 1 is 1.35 bits per heavy atom. The number of carboxylic acid groups (broad SMARTS) is 1. The van der Waals surface area contributed by atoms with Crippen LogP contribution in [0, 0.1) is 6.92 Å². The zero-order chi connectivity index (χ0) is 17.7. The predicted octanol–water partition coefficient (Wildman–Crippen LogP) is 3.19. The van der Waals surface area contributed by atoms with Crippen molar-refractivity contribution in [1.29, 1.82) is 0 Å². The first kappa shape index (κ1) is 18.8. The minimum absolute atomic E-state index is 0.328. The molecular formula is C13H13F5N2O3. The Morgan fingerprint density at radius 2 is 2.00 bits per heavy atom. The third-order valence-electron chi connectivity index (χ3n) is 2.67. The first-order valence-corrected chi connectivity index (χ1v) is 6.17. The van der Waals surface area contributed by atoms with Gasteiger partial charge in [-0.15, -0.1) is 0 Å². The number of hydrogen-bond donors (Lipinski definition) is 2. The van der Waals surface area contributed by atoms with Gasteiger partial charge in [0.15, 0.2) is 0 Å². The van der Waals surface area contributed by atoms with Crippen LogP contribution < -0.4 is 5.43 Å². The molecule has 1 aromatic carbocycles. The number of aryl methyl sites for hydroxylation is 1. The molecule has 23 heavy (non-hydrogen) atoms. The van der Waals surface area contributed by atoms with Crippen LogP contribution in [0.1, 0.15) is 11.1 Å². The van der Waals surface area contributed by atoms with Gasteiger partial charge in [-0.1, -0.05) is 6.07 Å². The van der Waals surface area contributed by atoms with E-state index < -0.39 is 31.3 Å². The Kier molecular flexibility index (Phi) is 6.02. The maximum absolute atomic E-state index is 12.7. The van der Waals surface area contributed by atoms with E-state index >= 15 is 0 Å². The van der Waals surface area contributed by atoms with Crippen LogP contribution in [-0.2, 0) is 16.1 Å². The minimum atomic E-state index is -5.67. The molecule has 0 amide bonds. The standard InChI is InChI=1S/C13H13F5N2O3/c1-8-2-3-10(20-19-5-11(21)22)4-9(8)6-23-7-12(14,15)13(16,17)18/h2-5,20H,6-7H2,1H3,(H,21,22). The van der Waals surface area contributed by atoms with Crippen molar-refractivity contribution in [3.05, 3.63) is 29.3 Å². The van der Waals surface area contributed by atoms with E-state index in [2.05, 4.69) is 15.3 Å². The molecule has 0 unspecified atom stereocenters. The Bertz CT molecular complexity index is 587. The van der Waals surface area contributed by atoms with Crippen LogP contribution in [-0.4, -0.2) is 36.0 Å². The predicted molar refractivity (Wildman–Crippen MR) is 71.6 cm³/mol. The molecule has 0 aromatic heterocycles. The number of alkyl halides is 5. The number of carboxylic acids is 1. The quantitative estimate of drug-likeness (QED) is 0.454. The number of carbonyl (C=O) groups is 1. The van der Waals surface area contributed by atoms with Gasteiger partial charge in [-0.2, -0.15) is 27.1 Å². The van der Waals surface area contributed by atoms with Gasteiger partial charge in [-0.3, -0.25) is 5.43 Å². The van der Waals surface area contributed by atoms with Crippen molar-refractivity contribution < 1.29 is 36.6 Å². The van der Waals surface area contributed by atoms with Gasteiger partial charge in [0.1, 0.15) is 12.8 Å². The minimum Gasteiger partial charge on any atom is -0.477 e. The van der Waals surface area contributed by atoms with Gasteiger partial charge in [-0.25, -0.2) is 4.79 Å². The van der Waals surface area contributed by atoms with E-state index in [4.69, 9.17) is 5.11 Å². The highest BCUT2D eigenvalue weighted by atomic mass is 19.4. The van der Waals surface area contributed by atoms with Gasteiger partial charge in [-0.05, 0) is 30.2 Å². The Morgan fingerprint density at radius 3 is 2.57 bits per heavy atom. The van der Waals surface area contributed by atoms with Crippen LogP contribution in [0.3, 0.4) is 0 Å². The van der Waals surface area contributed by atoms with Gasteiger partial charge >= 0.3 is 18.1 Å². The van der Waals surface area contributed by atoms with Crippen LogP contribution in [0.15, 0.2) is 23.3 Å². The van der Waals surface area contributed by atoms with Crippen LogP contribution in [0.2, 0.25) is 0 Å². The molecule has 0 saturated carbocycles. The molecule has 5 nitrogen and oxygen atoms in total. The molecule has 0 spiro atoms. The first-order valence-electron chi connectivity index (χ1n) is 6.17. The number of aliphatic carboxylic acids is 1. The number of benzene rings is 1. The number of ether oxygens (including phenoxy) is 1. The van der Waals surface area contributed by atoms with Crippen LogP contribution >= 0.6 is 0 Å². The Labute approximate surface area is 127 Å². The van der Waals surface area contributed by atoms with E-state index in [1.165, 1.54) is 12.1 Å². The molecule has 0 aliphatic rings. The summed E-state index contributed by atoms with van der Waals surface area (Å²) in [6.07, 6.45) is -5.07. The molecule has 128 valence electrons. The molecule has 0 aliphatic heterocycles. The summed E-state index contributed by atoms with van der Waals surface area (Å²) in [4.78, 5) is 10.3. The number of nitrogens with zero attached hydrogens (tertiary/aromatic N) is 1. The normalized spacial score (nSPS) is 12.6. The lowest BCUT2D eigenvalue weighted by Gasteiger charge is -2.19. The summed E-state index contributed by atoms with van der Waals surface area (Å²) in [5.41, 5.74) is 3.67. The van der Waals surface area contributed by atoms with Crippen molar-refractivity contribution in [3.8, 4) is 0 Å². The smallest absolute Gasteiger partial charge is 0.455 e. The number of anilines is 1. The van der Waals surface area contributed by atoms with Gasteiger partial charge in [0.25, 0.3) is 0 Å². The van der Waals surface area contributed by atoms with Crippen molar-refractivity contribution >= 4 is 17.9 Å². The van der Waals surface area contributed by atoms with Crippen molar-refractivity contribution in [2.24, 2.45) is 5.10 Å². The molecule has 0 atom stereocenters. The van der Waals surface area contributed by atoms with Gasteiger partial charge in [0, 0.05) is 0 Å². The summed E-state index contributed by atoms with van der Waals surface area (Å²) in [6, 6.07) is 4.49. The fourth-order valence-corrected chi connectivity index (χ4v) is 1.43. The Hall–Kier alpha value is -2.23. The third-order valence-corrected chi connectivity index (χ3v) is 2.67. The highest BCUT2D eigenvalue weighted by molar-refractivity contribution is 6.22. The number of nitrogens with one attached hydrogen (secondary N) is 1. The molecule has 0 saturated heterocycles. The molecule has 0 heterocycles. The fourth-order valence-electron chi connectivity index (χ4n) is 1.43. The van der Waals surface area contributed by atoms with E-state index in [1.54, 1.807) is 13.0 Å². The van der Waals surface area contributed by atoms with E-state index in [1.807, 2.05) is 0 Å². The summed E-state index contributed by atoms with van der Waals surface area (Å²) >= 11 is 0. The van der Waals surface area contributed by atoms with Gasteiger partial charge in [0.2, 0.25) is 0 Å². The lowest BCUT2D eigenvalue weighted by Crippen LogP contribution is -2.40. The maximum Gasteiger partial charge on any atom is 0.455 e. The van der Waals surface area contributed by atoms with E-state index in [0.717, 1.165) is 0 Å². The molecule has 0 radical (unpaired) electrons. The Balaban J connectivity index is 2.68. The van der Waals surface area contributed by atoms with Crippen LogP contribution in [0.4, 0.5) is 27.6 Å². The fraction of sp³-hybridized carbons (Fsp3) is 0.385. The third kappa shape index (κ3) is 5.81. The second-order valence-electron chi connectivity index (χ2n) is 4.54. The zero-order valence-electron chi connectivity index (χ0n) is 11.8. The topological polar surface area (TPSA) is 70.9 Å². The van der Waals surface area contributed by atoms with Crippen molar-refractivity contribution in [2.75, 3.05) is 12.0 Å². The van der Waals surface area contributed by atoms with Gasteiger partial charge < -0.3 is 9.84 Å². The summed E-state index contributed by atoms with van der Waals surface area (Å²) in [7, 11) is 0. The molecule has 0 fully saturated rings. The van der Waals surface area contributed by atoms with Crippen LogP contribution in [0.5, 0.6) is 0 Å². The molecule has 1 rings (SSSR count). The molecule has 0 aliphatic carbocycles. The SMILES string of the molecule is Cc1ccc(NN=CC(=O)O)cc1COCC(F)(F)C(F)(F)F. The van der Waals surface area contributed by atoms with Crippen molar-refractivity contribution in [3.63, 3.8) is 0 Å². The van der Waals surface area contributed by atoms with Crippen LogP contribution in [0.25, 0.3) is 0 Å². The first-order chi connectivity index (χ1) is 10.5. The highest BCUT2D eigenvalue weighted by Crippen LogP contribution is 2.35. The molecular weight excluding hydrogens is 327 g/mol. The number of halogens is 5. The average Bonchev–Trinajstić information content (AvgIpc) is 2.40. The molecule has 10 heteroatoms. The molecule has 2 N–H and O–H groups in total. The van der Waals surface area contributed by atoms with Crippen molar-refractivity contribution in [2.45, 2.75) is 25.6 Å². The van der Waals surface area contributed by atoms with E-state index in [0.29, 0.717) is 23.0 Å². The van der Waals surface area contributed by atoms with Gasteiger partial charge in [0.05, 0.1) is 12.3 Å². The maximum atomic E-state index is 12.7. The highest BCUT2D eigenvalue weighted by Gasteiger charge is 2.57. The summed E-state index contributed by atoms with van der Waals surface area (Å²) < 4.78 is 65.9. The zero-order valence-corrected chi connectivity index (χ0v) is 11.8. The number of hydrogen-bond acceptors (Lipinski definition) is 4. The largest absolute Gasteiger partial charge is 0.477 e. The second-order valence-corrected chi connectivity index (χ2v) is 4.54. The molecule has 0 bridgehead atoms. The summed E-state index contributed by atoms with van der Waals surface area (Å²) in [5.74, 6) is -6.20. The average molecular weight is 340 g/mol. The molecule has 1 aromatic rings. The monoisotopic (exact) mass is 340 g/mol. The lowest BCUT2D eigenvalue weighted by atomic mass is 10.1. The second kappa shape index (κ2) is 7.36. The van der Waals surface area contributed by atoms with E-state index in [-0.39, 0.29) is 0 Å². The number of rotatable bonds is 7. The summed E-state index contributed by atoms with van der Waals surface area (Å²) in [5, 5.41) is 11.8. The summed E-state index contributed by atoms with van der Waals surface area (Å²) in [6.45, 7) is -0.634. The lowest BCUT2D eigenvalue weighted by molar-refractivity contribution is -0.297. The van der Waals surface area contributed by atoms with E-state index in [9.17, 15) is 26.7 Å². The number of hydrazone groups is 1. The van der Waals surface area contributed by atoms with Crippen molar-refractivity contribution in [1.82, 2.24) is 0 Å².